The number of imide groups is 2. The zero-order chi connectivity index (χ0) is 32.4. The lowest BCUT2D eigenvalue weighted by Gasteiger charge is -2.49. The van der Waals surface area contributed by atoms with Crippen molar-refractivity contribution in [1.29, 1.82) is 0 Å². The summed E-state index contributed by atoms with van der Waals surface area (Å²) < 4.78 is 2.62. The molecule has 2 aromatic carbocycles. The Bertz CT molecular complexity index is 2080. The van der Waals surface area contributed by atoms with Gasteiger partial charge in [0.25, 0.3) is 0 Å². The number of phenols is 1. The molecule has 4 amide bonds. The first-order chi connectivity index (χ1) is 21.9. The average molecular weight is 655 g/mol. The van der Waals surface area contributed by atoms with E-state index in [4.69, 9.17) is 16.7 Å². The quantitative estimate of drug-likeness (QED) is 0.220. The van der Waals surface area contributed by atoms with Crippen LogP contribution in [0.4, 0.5) is 5.82 Å². The minimum absolute atomic E-state index is 0.0175. The first kappa shape index (κ1) is 29.1. The zero-order valence-corrected chi connectivity index (χ0v) is 27.2. The molecular weight excluding hydrogens is 624 g/mol. The third-order valence-electron chi connectivity index (χ3n) is 11.0. The van der Waals surface area contributed by atoms with Gasteiger partial charge in [-0.3, -0.25) is 28.8 Å². The van der Waals surface area contributed by atoms with Crippen molar-refractivity contribution >= 4 is 62.5 Å². The fourth-order valence-corrected chi connectivity index (χ4v) is 10.00. The second kappa shape index (κ2) is 9.86. The van der Waals surface area contributed by atoms with Crippen molar-refractivity contribution in [2.75, 3.05) is 11.9 Å². The van der Waals surface area contributed by atoms with E-state index >= 15 is 0 Å². The molecule has 1 saturated carbocycles. The predicted octanol–water partition coefficient (Wildman–Crippen LogP) is 5.83. The number of hydrogen-bond donors (Lipinski definition) is 1. The van der Waals surface area contributed by atoms with Crippen LogP contribution >= 0.6 is 22.9 Å². The Morgan fingerprint density at radius 1 is 1.00 bits per heavy atom. The Morgan fingerprint density at radius 3 is 2.52 bits per heavy atom. The van der Waals surface area contributed by atoms with Crippen LogP contribution in [0.25, 0.3) is 20.7 Å². The van der Waals surface area contributed by atoms with E-state index in [2.05, 4.69) is 0 Å². The smallest absolute Gasteiger partial charge is 0.242 e. The van der Waals surface area contributed by atoms with Gasteiger partial charge in [0, 0.05) is 41.4 Å². The van der Waals surface area contributed by atoms with Gasteiger partial charge in [-0.25, -0.2) is 4.90 Å². The largest absolute Gasteiger partial charge is 0.508 e. The Balaban J connectivity index is 1.26. The molecule has 9 nitrogen and oxygen atoms in total. The van der Waals surface area contributed by atoms with Crippen LogP contribution in [-0.4, -0.2) is 50.5 Å². The van der Waals surface area contributed by atoms with Gasteiger partial charge in [0.2, 0.25) is 23.6 Å². The molecule has 11 heteroatoms. The SMILES string of the molecule is Cc1c(-c2cc(N3C(=O)[C@@H]4C[C@@H]5C(=CC[C@@H]6C(=O)N(C)C(=O)[C@@H]65)[C@H](c5ccccc5O)[C@]4(C)C3=O)n(C)n2)sc2ccc(Cl)cc12. The molecule has 4 aromatic rings. The van der Waals surface area contributed by atoms with E-state index in [0.29, 0.717) is 28.5 Å². The van der Waals surface area contributed by atoms with Gasteiger partial charge in [-0.05, 0) is 67.8 Å². The Morgan fingerprint density at radius 2 is 1.76 bits per heavy atom. The number of para-hydroxylation sites is 1. The van der Waals surface area contributed by atoms with Crippen molar-refractivity contribution in [2.45, 2.75) is 32.6 Å². The van der Waals surface area contributed by atoms with Gasteiger partial charge in [0.1, 0.15) is 17.3 Å². The molecular formula is C35H31ClN4O5S. The van der Waals surface area contributed by atoms with E-state index in [1.807, 2.05) is 38.1 Å². The maximum atomic E-state index is 14.8. The van der Waals surface area contributed by atoms with Crippen LogP contribution in [0.5, 0.6) is 5.75 Å². The van der Waals surface area contributed by atoms with Gasteiger partial charge < -0.3 is 5.11 Å². The second-order valence-corrected chi connectivity index (χ2v) is 14.7. The van der Waals surface area contributed by atoms with Gasteiger partial charge in [0.15, 0.2) is 0 Å². The lowest BCUT2D eigenvalue weighted by atomic mass is 9.51. The first-order valence-corrected chi connectivity index (χ1v) is 16.5. The summed E-state index contributed by atoms with van der Waals surface area (Å²) in [7, 11) is 3.23. The summed E-state index contributed by atoms with van der Waals surface area (Å²) in [5, 5.41) is 17.6. The number of hydrogen-bond acceptors (Lipinski definition) is 7. The van der Waals surface area contributed by atoms with Gasteiger partial charge >= 0.3 is 0 Å². The topological polar surface area (TPSA) is 113 Å². The van der Waals surface area contributed by atoms with E-state index in [0.717, 1.165) is 26.1 Å². The summed E-state index contributed by atoms with van der Waals surface area (Å²) in [5.41, 5.74) is 1.77. The summed E-state index contributed by atoms with van der Waals surface area (Å²) in [4.78, 5) is 59.2. The maximum Gasteiger partial charge on any atom is 0.242 e. The fraction of sp³-hybridized carbons (Fsp3) is 0.343. The molecule has 2 saturated heterocycles. The zero-order valence-electron chi connectivity index (χ0n) is 25.7. The van der Waals surface area contributed by atoms with Crippen molar-refractivity contribution < 1.29 is 24.3 Å². The molecule has 2 aromatic heterocycles. The monoisotopic (exact) mass is 654 g/mol. The fourth-order valence-electron chi connectivity index (χ4n) is 8.68. The molecule has 0 spiro atoms. The Kier molecular flexibility index (Phi) is 6.25. The number of carbonyl (C=O) groups is 4. The standard InChI is InChI=1S/C35H31ClN4O5S/c1-16-21-13-17(36)9-12-26(21)46-30(16)24-15-27(39(4)37-24)40-32(43)23-14-22-18(10-11-20-28(22)33(44)38(3)31(20)42)29(35(23,2)34(40)45)19-7-5-6-8-25(19)41/h5-10,12-13,15,20,22-23,28-29,41H,11,14H2,1-4H3/t20-,22+,23-,28-,29+,35+/m0/s1. The number of allylic oxidation sites excluding steroid dienone is 2. The number of likely N-dealkylation sites (tertiary alicyclic amines) is 1. The minimum atomic E-state index is -1.25. The summed E-state index contributed by atoms with van der Waals surface area (Å²) in [5.74, 6) is -3.83. The highest BCUT2D eigenvalue weighted by molar-refractivity contribution is 7.22. The summed E-state index contributed by atoms with van der Waals surface area (Å²) in [6.07, 6.45) is 2.60. The number of fused-ring (bicyclic) bond motifs is 5. The van der Waals surface area contributed by atoms with Crippen molar-refractivity contribution in [3.05, 3.63) is 76.3 Å². The lowest BCUT2D eigenvalue weighted by Crippen LogP contribution is -2.48. The van der Waals surface area contributed by atoms with E-state index in [-0.39, 0.29) is 35.8 Å². The molecule has 1 N–H and O–H groups in total. The van der Waals surface area contributed by atoms with E-state index in [9.17, 15) is 24.3 Å². The van der Waals surface area contributed by atoms with Crippen LogP contribution in [0.3, 0.4) is 0 Å². The predicted molar refractivity (Wildman–Crippen MR) is 174 cm³/mol. The first-order valence-electron chi connectivity index (χ1n) is 15.3. The number of phenolic OH excluding ortho intramolecular Hbond substituents is 1. The Labute approximate surface area is 274 Å². The highest BCUT2D eigenvalue weighted by atomic mass is 35.5. The Hall–Kier alpha value is -4.28. The highest BCUT2D eigenvalue weighted by Crippen LogP contribution is 2.64. The number of amides is 4. The maximum absolute atomic E-state index is 14.8. The number of rotatable bonds is 3. The van der Waals surface area contributed by atoms with Crippen molar-refractivity contribution in [1.82, 2.24) is 14.7 Å². The highest BCUT2D eigenvalue weighted by Gasteiger charge is 2.68. The number of carbonyl (C=O) groups excluding carboxylic acids is 4. The number of nitrogens with zero attached hydrogens (tertiary/aromatic N) is 4. The van der Waals surface area contributed by atoms with Gasteiger partial charge in [-0.15, -0.1) is 11.3 Å². The van der Waals surface area contributed by atoms with Gasteiger partial charge in [-0.2, -0.15) is 5.10 Å². The summed E-state index contributed by atoms with van der Waals surface area (Å²) in [6.45, 7) is 3.82. The molecule has 0 bridgehead atoms. The normalized spacial score (nSPS) is 29.0. The van der Waals surface area contributed by atoms with Crippen LogP contribution in [0.2, 0.25) is 5.02 Å². The van der Waals surface area contributed by atoms with Crippen LogP contribution in [0.15, 0.2) is 60.2 Å². The molecule has 2 aliphatic carbocycles. The van der Waals surface area contributed by atoms with Crippen molar-refractivity contribution in [3.63, 3.8) is 0 Å². The third kappa shape index (κ3) is 3.71. The van der Waals surface area contributed by atoms with Crippen LogP contribution in [-0.2, 0) is 26.2 Å². The number of anilines is 1. The lowest BCUT2D eigenvalue weighted by molar-refractivity contribution is -0.138. The molecule has 0 unspecified atom stereocenters. The molecule has 4 aliphatic rings. The second-order valence-electron chi connectivity index (χ2n) is 13.2. The molecule has 8 rings (SSSR count). The molecule has 46 heavy (non-hydrogen) atoms. The molecule has 4 heterocycles. The average Bonchev–Trinajstić information content (AvgIpc) is 3.69. The third-order valence-corrected chi connectivity index (χ3v) is 12.5. The van der Waals surface area contributed by atoms with Crippen LogP contribution in [0.1, 0.15) is 36.8 Å². The van der Waals surface area contributed by atoms with Gasteiger partial charge in [-0.1, -0.05) is 41.4 Å². The molecule has 0 radical (unpaired) electrons. The van der Waals surface area contributed by atoms with Crippen LogP contribution in [0, 0.1) is 36.0 Å². The number of thiophene rings is 1. The van der Waals surface area contributed by atoms with E-state index in [1.165, 1.54) is 16.8 Å². The number of aromatic hydroxyl groups is 1. The number of aromatic nitrogens is 2. The van der Waals surface area contributed by atoms with Crippen molar-refractivity contribution in [2.24, 2.45) is 36.1 Å². The molecule has 6 atom stereocenters. The number of halogens is 1. The number of benzene rings is 2. The molecule has 3 fully saturated rings. The number of aryl methyl sites for hydroxylation is 2. The van der Waals surface area contributed by atoms with E-state index in [1.54, 1.807) is 53.4 Å². The minimum Gasteiger partial charge on any atom is -0.508 e. The van der Waals surface area contributed by atoms with Crippen LogP contribution < -0.4 is 4.90 Å². The van der Waals surface area contributed by atoms with E-state index < -0.39 is 35.0 Å². The molecule has 2 aliphatic heterocycles. The van der Waals surface area contributed by atoms with Crippen molar-refractivity contribution in [3.8, 4) is 16.3 Å². The van der Waals surface area contributed by atoms with Gasteiger partial charge in [0.05, 0.1) is 28.0 Å². The summed E-state index contributed by atoms with van der Waals surface area (Å²) in [6, 6.07) is 14.4. The summed E-state index contributed by atoms with van der Waals surface area (Å²) >= 11 is 7.85. The molecule has 234 valence electrons.